The Morgan fingerprint density at radius 2 is 1.48 bits per heavy atom. The van der Waals surface area contributed by atoms with Gasteiger partial charge >= 0.3 is 0 Å². The SMILES string of the molecule is Cc1ccc(NC(=O)c2[nH]cnc2C(=O)Nc2ccc(Br)cc2)cc1. The first-order chi connectivity index (χ1) is 12.0. The van der Waals surface area contributed by atoms with Crippen LogP contribution in [-0.2, 0) is 0 Å². The van der Waals surface area contributed by atoms with Crippen LogP contribution in [0.4, 0.5) is 11.4 Å². The molecule has 0 saturated carbocycles. The van der Waals surface area contributed by atoms with E-state index in [1.54, 1.807) is 24.3 Å². The van der Waals surface area contributed by atoms with Crippen LogP contribution in [0, 0.1) is 6.92 Å². The quantitative estimate of drug-likeness (QED) is 0.620. The maximum atomic E-state index is 12.4. The lowest BCUT2D eigenvalue weighted by Gasteiger charge is -2.07. The number of aromatic nitrogens is 2. The summed E-state index contributed by atoms with van der Waals surface area (Å²) >= 11 is 3.33. The molecule has 0 bridgehead atoms. The topological polar surface area (TPSA) is 86.9 Å². The van der Waals surface area contributed by atoms with Crippen LogP contribution in [0.2, 0.25) is 0 Å². The Balaban J connectivity index is 1.74. The molecule has 0 radical (unpaired) electrons. The number of halogens is 1. The summed E-state index contributed by atoms with van der Waals surface area (Å²) in [6, 6.07) is 14.5. The minimum Gasteiger partial charge on any atom is -0.340 e. The Morgan fingerprint density at radius 1 is 0.920 bits per heavy atom. The number of hydrogen-bond acceptors (Lipinski definition) is 3. The van der Waals surface area contributed by atoms with Crippen molar-refractivity contribution < 1.29 is 9.59 Å². The van der Waals surface area contributed by atoms with Gasteiger partial charge in [-0.3, -0.25) is 9.59 Å². The van der Waals surface area contributed by atoms with E-state index in [4.69, 9.17) is 0 Å². The van der Waals surface area contributed by atoms with Crippen LogP contribution in [0.25, 0.3) is 0 Å². The van der Waals surface area contributed by atoms with Crippen molar-refractivity contribution in [3.8, 4) is 0 Å². The second kappa shape index (κ2) is 7.31. The molecule has 1 heterocycles. The van der Waals surface area contributed by atoms with E-state index in [1.165, 1.54) is 6.33 Å². The molecule has 2 amide bonds. The zero-order valence-corrected chi connectivity index (χ0v) is 14.9. The van der Waals surface area contributed by atoms with Crippen LogP contribution >= 0.6 is 15.9 Å². The van der Waals surface area contributed by atoms with Crippen molar-refractivity contribution in [3.05, 3.63) is 76.3 Å². The number of imidazole rings is 1. The molecule has 0 aliphatic heterocycles. The standard InChI is InChI=1S/C18H15BrN4O2/c1-11-2-6-13(7-3-11)22-17(24)15-16(21-10-20-15)18(25)23-14-8-4-12(19)5-9-14/h2-10H,1H3,(H,20,21)(H,22,24)(H,23,25). The molecule has 0 fully saturated rings. The fraction of sp³-hybridized carbons (Fsp3) is 0.0556. The number of amides is 2. The maximum absolute atomic E-state index is 12.4. The number of nitrogens with one attached hydrogen (secondary N) is 3. The van der Waals surface area contributed by atoms with E-state index in [0.717, 1.165) is 10.0 Å². The minimum absolute atomic E-state index is 0.0348. The molecule has 7 heteroatoms. The van der Waals surface area contributed by atoms with Crippen LogP contribution in [0.1, 0.15) is 26.5 Å². The Morgan fingerprint density at radius 3 is 2.12 bits per heavy atom. The first kappa shape index (κ1) is 16.9. The third-order valence-corrected chi connectivity index (χ3v) is 4.02. The highest BCUT2D eigenvalue weighted by atomic mass is 79.9. The van der Waals surface area contributed by atoms with Gasteiger partial charge in [-0.15, -0.1) is 0 Å². The van der Waals surface area contributed by atoms with Gasteiger partial charge in [0.2, 0.25) is 0 Å². The van der Waals surface area contributed by atoms with Gasteiger partial charge in [-0.2, -0.15) is 0 Å². The summed E-state index contributed by atoms with van der Waals surface area (Å²) in [5.74, 6) is -0.889. The van der Waals surface area contributed by atoms with Crippen molar-refractivity contribution in [2.75, 3.05) is 10.6 Å². The minimum atomic E-state index is -0.461. The summed E-state index contributed by atoms with van der Waals surface area (Å²) in [5, 5.41) is 5.46. The number of hydrogen-bond donors (Lipinski definition) is 3. The summed E-state index contributed by atoms with van der Waals surface area (Å²) in [6.07, 6.45) is 1.32. The number of aromatic amines is 1. The van der Waals surface area contributed by atoms with Gasteiger partial charge in [-0.05, 0) is 43.3 Å². The van der Waals surface area contributed by atoms with Crippen LogP contribution in [0.3, 0.4) is 0 Å². The molecule has 0 aliphatic carbocycles. The van der Waals surface area contributed by atoms with Crippen LogP contribution in [0.15, 0.2) is 59.3 Å². The summed E-state index contributed by atoms with van der Waals surface area (Å²) in [5.41, 5.74) is 2.49. The van der Waals surface area contributed by atoms with Gasteiger partial charge in [-0.25, -0.2) is 4.98 Å². The Hall–Kier alpha value is -2.93. The van der Waals surface area contributed by atoms with Gasteiger partial charge < -0.3 is 15.6 Å². The van der Waals surface area contributed by atoms with Gasteiger partial charge in [0.05, 0.1) is 6.33 Å². The molecule has 0 saturated heterocycles. The van der Waals surface area contributed by atoms with Gasteiger partial charge in [0.25, 0.3) is 11.8 Å². The fourth-order valence-electron chi connectivity index (χ4n) is 2.19. The number of anilines is 2. The zero-order chi connectivity index (χ0) is 17.8. The van der Waals surface area contributed by atoms with Crippen molar-refractivity contribution in [1.82, 2.24) is 9.97 Å². The van der Waals surface area contributed by atoms with E-state index in [9.17, 15) is 9.59 Å². The molecule has 0 unspecified atom stereocenters. The van der Waals surface area contributed by atoms with Gasteiger partial charge in [0, 0.05) is 15.8 Å². The normalized spacial score (nSPS) is 10.3. The highest BCUT2D eigenvalue weighted by molar-refractivity contribution is 9.10. The smallest absolute Gasteiger partial charge is 0.276 e. The second-order valence-corrected chi connectivity index (χ2v) is 6.32. The number of aryl methyl sites for hydroxylation is 1. The second-order valence-electron chi connectivity index (χ2n) is 5.41. The molecular weight excluding hydrogens is 384 g/mol. The predicted octanol–water partition coefficient (Wildman–Crippen LogP) is 3.99. The summed E-state index contributed by atoms with van der Waals surface area (Å²) in [4.78, 5) is 31.5. The van der Waals surface area contributed by atoms with Crippen molar-refractivity contribution in [2.45, 2.75) is 6.92 Å². The van der Waals surface area contributed by atoms with E-state index < -0.39 is 11.8 Å². The third-order valence-electron chi connectivity index (χ3n) is 3.49. The number of carbonyl (C=O) groups is 2. The third kappa shape index (κ3) is 4.13. The number of rotatable bonds is 4. The lowest BCUT2D eigenvalue weighted by molar-refractivity contribution is 0.0985. The molecule has 2 aromatic carbocycles. The molecule has 3 aromatic rings. The van der Waals surface area contributed by atoms with Gasteiger partial charge in [0.15, 0.2) is 5.69 Å². The van der Waals surface area contributed by atoms with Crippen molar-refractivity contribution >= 4 is 39.1 Å². The number of H-pyrrole nitrogens is 1. The molecule has 25 heavy (non-hydrogen) atoms. The Labute approximate surface area is 152 Å². The van der Waals surface area contributed by atoms with E-state index in [0.29, 0.717) is 11.4 Å². The zero-order valence-electron chi connectivity index (χ0n) is 13.3. The Kier molecular flexibility index (Phi) is 4.95. The Bertz CT molecular complexity index is 828. The van der Waals surface area contributed by atoms with Gasteiger partial charge in [0.1, 0.15) is 5.69 Å². The lowest BCUT2D eigenvalue weighted by Crippen LogP contribution is -2.20. The summed E-state index contributed by atoms with van der Waals surface area (Å²) < 4.78 is 0.906. The molecule has 3 rings (SSSR count). The molecule has 3 N–H and O–H groups in total. The highest BCUT2D eigenvalue weighted by Crippen LogP contribution is 2.16. The monoisotopic (exact) mass is 398 g/mol. The molecule has 6 nitrogen and oxygen atoms in total. The molecule has 126 valence electrons. The molecular formula is C18H15BrN4O2. The van der Waals surface area contributed by atoms with Crippen LogP contribution in [0.5, 0.6) is 0 Å². The maximum Gasteiger partial charge on any atom is 0.276 e. The molecule has 0 atom stereocenters. The summed E-state index contributed by atoms with van der Waals surface area (Å²) in [7, 11) is 0. The largest absolute Gasteiger partial charge is 0.340 e. The number of nitrogens with zero attached hydrogens (tertiary/aromatic N) is 1. The molecule has 0 aliphatic rings. The highest BCUT2D eigenvalue weighted by Gasteiger charge is 2.20. The van der Waals surface area contributed by atoms with Gasteiger partial charge in [-0.1, -0.05) is 33.6 Å². The van der Waals surface area contributed by atoms with Crippen LogP contribution in [-0.4, -0.2) is 21.8 Å². The van der Waals surface area contributed by atoms with E-state index in [1.807, 2.05) is 31.2 Å². The number of benzene rings is 2. The van der Waals surface area contributed by atoms with Crippen LogP contribution < -0.4 is 10.6 Å². The predicted molar refractivity (Wildman–Crippen MR) is 99.8 cm³/mol. The lowest BCUT2D eigenvalue weighted by atomic mass is 10.2. The first-order valence-corrected chi connectivity index (χ1v) is 8.30. The van der Waals surface area contributed by atoms with Crippen molar-refractivity contribution in [3.63, 3.8) is 0 Å². The van der Waals surface area contributed by atoms with Crippen molar-refractivity contribution in [2.24, 2.45) is 0 Å². The van der Waals surface area contributed by atoms with E-state index >= 15 is 0 Å². The molecule has 1 aromatic heterocycles. The number of carbonyl (C=O) groups excluding carboxylic acids is 2. The summed E-state index contributed by atoms with van der Waals surface area (Å²) in [6.45, 7) is 1.96. The first-order valence-electron chi connectivity index (χ1n) is 7.51. The van der Waals surface area contributed by atoms with E-state index in [-0.39, 0.29) is 11.4 Å². The average Bonchev–Trinajstić information content (AvgIpc) is 3.09. The molecule has 0 spiro atoms. The van der Waals surface area contributed by atoms with E-state index in [2.05, 4.69) is 36.5 Å². The van der Waals surface area contributed by atoms with Crippen molar-refractivity contribution in [1.29, 1.82) is 0 Å². The average molecular weight is 399 g/mol. The fourth-order valence-corrected chi connectivity index (χ4v) is 2.46.